The fourth-order valence-electron chi connectivity index (χ4n) is 5.38. The summed E-state index contributed by atoms with van der Waals surface area (Å²) in [5, 5.41) is 0. The lowest BCUT2D eigenvalue weighted by atomic mass is 9.69. The molecule has 138 valence electrons. The first kappa shape index (κ1) is 17.3. The van der Waals surface area contributed by atoms with E-state index in [2.05, 4.69) is 113 Å². The maximum absolute atomic E-state index is 2.40. The van der Waals surface area contributed by atoms with E-state index in [9.17, 15) is 0 Å². The van der Waals surface area contributed by atoms with Gasteiger partial charge in [0.05, 0.1) is 5.41 Å². The van der Waals surface area contributed by atoms with E-state index in [-0.39, 0.29) is 10.8 Å². The van der Waals surface area contributed by atoms with Gasteiger partial charge in [-0.25, -0.2) is 0 Å². The van der Waals surface area contributed by atoms with Crippen molar-refractivity contribution < 1.29 is 0 Å². The minimum absolute atomic E-state index is 0.0537. The van der Waals surface area contributed by atoms with Crippen molar-refractivity contribution in [2.75, 3.05) is 0 Å². The molecule has 3 aliphatic carbocycles. The lowest BCUT2D eigenvalue weighted by molar-refractivity contribution is 0.625. The van der Waals surface area contributed by atoms with Crippen LogP contribution in [0.15, 0.2) is 107 Å². The fraction of sp³-hybridized carbons (Fsp3) is 0.214. The smallest absolute Gasteiger partial charge is 0.0722 e. The number of hydrogen-bond acceptors (Lipinski definition) is 0. The molecule has 0 heterocycles. The molecule has 2 aromatic carbocycles. The van der Waals surface area contributed by atoms with Gasteiger partial charge in [-0.2, -0.15) is 0 Å². The number of benzene rings is 2. The molecule has 0 amide bonds. The van der Waals surface area contributed by atoms with E-state index in [1.165, 1.54) is 44.5 Å². The zero-order valence-corrected chi connectivity index (χ0v) is 17.1. The third-order valence-electron chi connectivity index (χ3n) is 6.57. The largest absolute Gasteiger partial charge is 0.0822 e. The van der Waals surface area contributed by atoms with Gasteiger partial charge in [0.15, 0.2) is 0 Å². The maximum Gasteiger partial charge on any atom is 0.0722 e. The molecule has 28 heavy (non-hydrogen) atoms. The second-order valence-electron chi connectivity index (χ2n) is 8.56. The minimum Gasteiger partial charge on any atom is -0.0822 e. The Bertz CT molecular complexity index is 1100. The molecule has 5 rings (SSSR count). The van der Waals surface area contributed by atoms with E-state index in [0.717, 1.165) is 0 Å². The van der Waals surface area contributed by atoms with Crippen LogP contribution in [0.25, 0.3) is 11.1 Å². The Morgan fingerprint density at radius 2 is 1.29 bits per heavy atom. The highest BCUT2D eigenvalue weighted by molar-refractivity contribution is 5.91. The van der Waals surface area contributed by atoms with Crippen LogP contribution in [-0.4, -0.2) is 0 Å². The highest BCUT2D eigenvalue weighted by atomic mass is 14.5. The summed E-state index contributed by atoms with van der Waals surface area (Å²) in [4.78, 5) is 0. The van der Waals surface area contributed by atoms with Gasteiger partial charge in [0.2, 0.25) is 0 Å². The summed E-state index contributed by atoms with van der Waals surface area (Å²) >= 11 is 0. The van der Waals surface area contributed by atoms with Crippen LogP contribution in [0, 0.1) is 5.41 Å². The molecule has 0 saturated heterocycles. The molecule has 0 aromatic heterocycles. The summed E-state index contributed by atoms with van der Waals surface area (Å²) in [7, 11) is 0. The van der Waals surface area contributed by atoms with Crippen molar-refractivity contribution in [3.05, 3.63) is 118 Å². The van der Waals surface area contributed by atoms with Gasteiger partial charge in [0.25, 0.3) is 0 Å². The van der Waals surface area contributed by atoms with Crippen molar-refractivity contribution in [2.45, 2.75) is 33.1 Å². The number of fused-ring (bicyclic) bond motifs is 6. The second-order valence-corrected chi connectivity index (χ2v) is 8.56. The summed E-state index contributed by atoms with van der Waals surface area (Å²) < 4.78 is 0. The van der Waals surface area contributed by atoms with Gasteiger partial charge < -0.3 is 0 Å². The summed E-state index contributed by atoms with van der Waals surface area (Å²) in [6.45, 7) is 8.91. The normalized spacial score (nSPS) is 23.3. The molecule has 0 fully saturated rings. The summed E-state index contributed by atoms with van der Waals surface area (Å²) in [5.41, 5.74) is 10.9. The average molecular weight is 363 g/mol. The van der Waals surface area contributed by atoms with Crippen LogP contribution in [0.4, 0.5) is 0 Å². The van der Waals surface area contributed by atoms with Gasteiger partial charge in [-0.15, -0.1) is 0 Å². The summed E-state index contributed by atoms with van der Waals surface area (Å²) in [5.74, 6) is 0. The van der Waals surface area contributed by atoms with E-state index < -0.39 is 0 Å². The highest BCUT2D eigenvalue weighted by Crippen LogP contribution is 2.63. The van der Waals surface area contributed by atoms with Crippen LogP contribution in [-0.2, 0) is 5.41 Å². The first-order valence-corrected chi connectivity index (χ1v) is 10.2. The number of rotatable bonds is 0. The van der Waals surface area contributed by atoms with Crippen LogP contribution in [0.5, 0.6) is 0 Å². The molecule has 3 aliphatic rings. The maximum atomic E-state index is 2.40. The molecular formula is C28H26. The Labute approximate surface area is 168 Å². The first-order valence-electron chi connectivity index (χ1n) is 10.2. The predicted molar refractivity (Wildman–Crippen MR) is 119 cm³/mol. The zero-order chi connectivity index (χ0) is 19.5. The monoisotopic (exact) mass is 362 g/mol. The first-order chi connectivity index (χ1) is 13.5. The van der Waals surface area contributed by atoms with E-state index in [1.54, 1.807) is 0 Å². The van der Waals surface area contributed by atoms with E-state index >= 15 is 0 Å². The Morgan fingerprint density at radius 1 is 0.714 bits per heavy atom. The Balaban J connectivity index is 1.96. The fourth-order valence-corrected chi connectivity index (χ4v) is 5.38. The van der Waals surface area contributed by atoms with E-state index in [1.807, 2.05) is 0 Å². The third kappa shape index (κ3) is 2.01. The molecule has 1 spiro atoms. The van der Waals surface area contributed by atoms with Gasteiger partial charge >= 0.3 is 0 Å². The second kappa shape index (κ2) is 5.82. The van der Waals surface area contributed by atoms with Crippen LogP contribution < -0.4 is 0 Å². The lowest BCUT2D eigenvalue weighted by Gasteiger charge is -2.32. The van der Waals surface area contributed by atoms with Crippen LogP contribution in [0.3, 0.4) is 0 Å². The van der Waals surface area contributed by atoms with Crippen molar-refractivity contribution in [1.82, 2.24) is 0 Å². The molecule has 0 atom stereocenters. The van der Waals surface area contributed by atoms with Gasteiger partial charge in [-0.05, 0) is 58.4 Å². The SMILES string of the molecule is CC=C1C(=CC)C2(C3=C1C=CC(C)(C)C=C3)c1ccccc1-c1ccccc12. The van der Waals surface area contributed by atoms with E-state index in [4.69, 9.17) is 0 Å². The van der Waals surface area contributed by atoms with Crippen LogP contribution >= 0.6 is 0 Å². The molecule has 0 aliphatic heterocycles. The summed E-state index contributed by atoms with van der Waals surface area (Å²) in [6, 6.07) is 17.9. The van der Waals surface area contributed by atoms with Crippen molar-refractivity contribution in [2.24, 2.45) is 5.41 Å². The highest BCUT2D eigenvalue weighted by Gasteiger charge is 2.53. The third-order valence-corrected chi connectivity index (χ3v) is 6.57. The van der Waals surface area contributed by atoms with Crippen molar-refractivity contribution in [3.63, 3.8) is 0 Å². The lowest BCUT2D eigenvalue weighted by Crippen LogP contribution is -2.27. The molecule has 2 aromatic rings. The zero-order valence-electron chi connectivity index (χ0n) is 17.1. The Morgan fingerprint density at radius 3 is 1.86 bits per heavy atom. The topological polar surface area (TPSA) is 0 Å². The molecule has 0 unspecified atom stereocenters. The van der Waals surface area contributed by atoms with Gasteiger partial charge in [-0.3, -0.25) is 0 Å². The molecule has 0 nitrogen and oxygen atoms in total. The van der Waals surface area contributed by atoms with Gasteiger partial charge in [-0.1, -0.05) is 98.8 Å². The molecule has 0 saturated carbocycles. The molecule has 0 bridgehead atoms. The van der Waals surface area contributed by atoms with Crippen molar-refractivity contribution in [3.8, 4) is 11.1 Å². The molecule has 0 N–H and O–H groups in total. The van der Waals surface area contributed by atoms with Crippen LogP contribution in [0.2, 0.25) is 0 Å². The predicted octanol–water partition coefficient (Wildman–Crippen LogP) is 7.31. The number of hydrogen-bond donors (Lipinski definition) is 0. The Kier molecular flexibility index (Phi) is 3.58. The Hall–Kier alpha value is -2.86. The van der Waals surface area contributed by atoms with Crippen LogP contribution in [0.1, 0.15) is 38.8 Å². The molecule has 0 heteroatoms. The number of allylic oxidation sites excluding steroid dienone is 10. The van der Waals surface area contributed by atoms with Crippen molar-refractivity contribution in [1.29, 1.82) is 0 Å². The average Bonchev–Trinajstić information content (AvgIpc) is 3.09. The van der Waals surface area contributed by atoms with E-state index in [0.29, 0.717) is 0 Å². The minimum atomic E-state index is -0.222. The van der Waals surface area contributed by atoms with Gasteiger partial charge in [0.1, 0.15) is 0 Å². The quantitative estimate of drug-likeness (QED) is 0.461. The van der Waals surface area contributed by atoms with Crippen molar-refractivity contribution >= 4 is 0 Å². The molecule has 0 radical (unpaired) electrons. The van der Waals surface area contributed by atoms with Gasteiger partial charge in [0, 0.05) is 5.41 Å². The summed E-state index contributed by atoms with van der Waals surface area (Å²) in [6.07, 6.45) is 14.1. The molecular weight excluding hydrogens is 336 g/mol. The standard InChI is InChI=1S/C28H26/c1-5-19-22-15-17-27(3,4)18-16-26(22)28(23(19)6-2)24-13-9-7-11-20(24)21-12-8-10-14-25(21)28/h5-18H,1-4H3.